The van der Waals surface area contributed by atoms with Gasteiger partial charge in [-0.05, 0) is 19.4 Å². The number of carboxylic acid groups (broad SMARTS) is 1. The van der Waals surface area contributed by atoms with Crippen LogP contribution < -0.4 is 4.74 Å². The van der Waals surface area contributed by atoms with Crippen LogP contribution in [-0.4, -0.2) is 22.8 Å². The molecule has 0 saturated heterocycles. The first-order valence-corrected chi connectivity index (χ1v) is 5.23. The summed E-state index contributed by atoms with van der Waals surface area (Å²) >= 11 is 0. The predicted molar refractivity (Wildman–Crippen MR) is 59.4 cm³/mol. The predicted octanol–water partition coefficient (Wildman–Crippen LogP) is 1.98. The highest BCUT2D eigenvalue weighted by Gasteiger charge is 2.07. The van der Waals surface area contributed by atoms with Crippen LogP contribution >= 0.6 is 0 Å². The van der Waals surface area contributed by atoms with Gasteiger partial charge in [0.15, 0.2) is 0 Å². The lowest BCUT2D eigenvalue weighted by atomic mass is 10.1. The molecule has 0 spiro atoms. The van der Waals surface area contributed by atoms with E-state index in [0.717, 1.165) is 5.56 Å². The van der Waals surface area contributed by atoms with Crippen LogP contribution in [0.15, 0.2) is 24.3 Å². The molecule has 1 aromatic carbocycles. The number of aliphatic hydroxyl groups excluding tert-OH is 1. The SMILES string of the molecule is CC(O)c1ccccc1OCCCC(=O)O. The third kappa shape index (κ3) is 3.90. The van der Waals surface area contributed by atoms with Gasteiger partial charge in [0.2, 0.25) is 0 Å². The monoisotopic (exact) mass is 224 g/mol. The third-order valence-corrected chi connectivity index (χ3v) is 2.16. The molecule has 1 atom stereocenters. The topological polar surface area (TPSA) is 66.8 Å². The molecule has 0 aliphatic carbocycles. The number of rotatable bonds is 6. The third-order valence-electron chi connectivity index (χ3n) is 2.16. The molecule has 4 heteroatoms. The highest BCUT2D eigenvalue weighted by Crippen LogP contribution is 2.24. The van der Waals surface area contributed by atoms with Crippen LogP contribution in [0.25, 0.3) is 0 Å². The molecule has 16 heavy (non-hydrogen) atoms. The highest BCUT2D eigenvalue weighted by molar-refractivity contribution is 5.66. The van der Waals surface area contributed by atoms with Crippen molar-refractivity contribution in [3.63, 3.8) is 0 Å². The Bertz CT molecular complexity index is 347. The Labute approximate surface area is 94.5 Å². The van der Waals surface area contributed by atoms with Gasteiger partial charge >= 0.3 is 5.97 Å². The lowest BCUT2D eigenvalue weighted by Crippen LogP contribution is -2.04. The number of carbonyl (C=O) groups is 1. The van der Waals surface area contributed by atoms with Crippen molar-refractivity contribution in [1.29, 1.82) is 0 Å². The standard InChI is InChI=1S/C12H16O4/c1-9(13)10-5-2-3-6-11(10)16-8-4-7-12(14)15/h2-3,5-6,9,13H,4,7-8H2,1H3,(H,14,15). The largest absolute Gasteiger partial charge is 0.493 e. The number of para-hydroxylation sites is 1. The first kappa shape index (κ1) is 12.5. The Morgan fingerprint density at radius 3 is 2.75 bits per heavy atom. The van der Waals surface area contributed by atoms with Crippen molar-refractivity contribution in [2.75, 3.05) is 6.61 Å². The molecule has 0 fully saturated rings. The molecule has 1 rings (SSSR count). The molecule has 0 aliphatic heterocycles. The zero-order valence-corrected chi connectivity index (χ0v) is 9.22. The summed E-state index contributed by atoms with van der Waals surface area (Å²) in [6.07, 6.45) is -0.0315. The lowest BCUT2D eigenvalue weighted by Gasteiger charge is -2.12. The zero-order chi connectivity index (χ0) is 12.0. The second-order valence-electron chi connectivity index (χ2n) is 3.56. The zero-order valence-electron chi connectivity index (χ0n) is 9.22. The van der Waals surface area contributed by atoms with Gasteiger partial charge in [0.1, 0.15) is 5.75 Å². The molecule has 0 bridgehead atoms. The molecule has 0 heterocycles. The van der Waals surface area contributed by atoms with Crippen molar-refractivity contribution in [1.82, 2.24) is 0 Å². The Morgan fingerprint density at radius 1 is 1.44 bits per heavy atom. The molecule has 0 saturated carbocycles. The molecule has 2 N–H and O–H groups in total. The Balaban J connectivity index is 2.50. The van der Waals surface area contributed by atoms with Gasteiger partial charge in [-0.2, -0.15) is 0 Å². The van der Waals surface area contributed by atoms with Crippen molar-refractivity contribution in [2.24, 2.45) is 0 Å². The summed E-state index contributed by atoms with van der Waals surface area (Å²) in [4.78, 5) is 10.3. The van der Waals surface area contributed by atoms with Crippen LogP contribution in [0.2, 0.25) is 0 Å². The van der Waals surface area contributed by atoms with E-state index in [0.29, 0.717) is 18.8 Å². The summed E-state index contributed by atoms with van der Waals surface area (Å²) in [5.41, 5.74) is 0.720. The quantitative estimate of drug-likeness (QED) is 0.725. The second-order valence-corrected chi connectivity index (χ2v) is 3.56. The van der Waals surface area contributed by atoms with Crippen molar-refractivity contribution in [3.05, 3.63) is 29.8 Å². The van der Waals surface area contributed by atoms with Crippen LogP contribution in [0.4, 0.5) is 0 Å². The molecule has 4 nitrogen and oxygen atoms in total. The van der Waals surface area contributed by atoms with E-state index in [1.165, 1.54) is 0 Å². The summed E-state index contributed by atoms with van der Waals surface area (Å²) in [6.45, 7) is 2.01. The molecule has 0 amide bonds. The van der Waals surface area contributed by atoms with E-state index in [1.54, 1.807) is 19.1 Å². The summed E-state index contributed by atoms with van der Waals surface area (Å²) in [7, 11) is 0. The minimum absolute atomic E-state index is 0.0941. The molecular formula is C12H16O4. The van der Waals surface area contributed by atoms with E-state index in [9.17, 15) is 9.90 Å². The van der Waals surface area contributed by atoms with Gasteiger partial charge in [-0.25, -0.2) is 0 Å². The molecule has 0 aromatic heterocycles. The fourth-order valence-electron chi connectivity index (χ4n) is 1.36. The maximum Gasteiger partial charge on any atom is 0.303 e. The first-order chi connectivity index (χ1) is 7.61. The van der Waals surface area contributed by atoms with Gasteiger partial charge in [-0.1, -0.05) is 18.2 Å². The van der Waals surface area contributed by atoms with Crippen molar-refractivity contribution in [3.8, 4) is 5.75 Å². The van der Waals surface area contributed by atoms with Crippen LogP contribution in [0.5, 0.6) is 5.75 Å². The fraction of sp³-hybridized carbons (Fsp3) is 0.417. The summed E-state index contributed by atoms with van der Waals surface area (Å²) in [5.74, 6) is -0.213. The van der Waals surface area contributed by atoms with Gasteiger partial charge in [0.05, 0.1) is 12.7 Å². The Hall–Kier alpha value is -1.55. The number of carboxylic acids is 1. The van der Waals surface area contributed by atoms with Crippen LogP contribution in [-0.2, 0) is 4.79 Å². The van der Waals surface area contributed by atoms with Crippen LogP contribution in [0.1, 0.15) is 31.4 Å². The number of aliphatic carboxylic acids is 1. The highest BCUT2D eigenvalue weighted by atomic mass is 16.5. The average molecular weight is 224 g/mol. The molecule has 0 radical (unpaired) electrons. The van der Waals surface area contributed by atoms with Gasteiger partial charge < -0.3 is 14.9 Å². The van der Waals surface area contributed by atoms with E-state index in [1.807, 2.05) is 12.1 Å². The van der Waals surface area contributed by atoms with Gasteiger partial charge in [-0.15, -0.1) is 0 Å². The van der Waals surface area contributed by atoms with Crippen molar-refractivity contribution >= 4 is 5.97 Å². The van der Waals surface area contributed by atoms with Crippen LogP contribution in [0.3, 0.4) is 0 Å². The number of hydrogen-bond donors (Lipinski definition) is 2. The summed E-state index contributed by atoms with van der Waals surface area (Å²) in [6, 6.07) is 7.20. The van der Waals surface area contributed by atoms with Crippen molar-refractivity contribution < 1.29 is 19.7 Å². The Kier molecular flexibility index (Phi) is 4.79. The maximum absolute atomic E-state index is 10.3. The number of benzene rings is 1. The minimum atomic E-state index is -0.826. The van der Waals surface area contributed by atoms with E-state index in [4.69, 9.17) is 9.84 Å². The summed E-state index contributed by atoms with van der Waals surface area (Å²) in [5, 5.41) is 17.9. The first-order valence-electron chi connectivity index (χ1n) is 5.23. The smallest absolute Gasteiger partial charge is 0.303 e. The molecule has 0 aliphatic rings. The van der Waals surface area contributed by atoms with Crippen LogP contribution in [0, 0.1) is 0 Å². The van der Waals surface area contributed by atoms with Gasteiger partial charge in [0, 0.05) is 12.0 Å². The van der Waals surface area contributed by atoms with E-state index in [-0.39, 0.29) is 6.42 Å². The van der Waals surface area contributed by atoms with Crippen molar-refractivity contribution in [2.45, 2.75) is 25.9 Å². The molecular weight excluding hydrogens is 208 g/mol. The lowest BCUT2D eigenvalue weighted by molar-refractivity contribution is -0.137. The minimum Gasteiger partial charge on any atom is -0.493 e. The van der Waals surface area contributed by atoms with E-state index >= 15 is 0 Å². The number of aliphatic hydroxyl groups is 1. The molecule has 1 aromatic rings. The number of hydrogen-bond acceptors (Lipinski definition) is 3. The maximum atomic E-state index is 10.3. The second kappa shape index (κ2) is 6.12. The molecule has 88 valence electrons. The average Bonchev–Trinajstić information content (AvgIpc) is 2.24. The Morgan fingerprint density at radius 2 is 2.12 bits per heavy atom. The fourth-order valence-corrected chi connectivity index (χ4v) is 1.36. The molecule has 1 unspecified atom stereocenters. The van der Waals surface area contributed by atoms with E-state index in [2.05, 4.69) is 0 Å². The number of ether oxygens (including phenoxy) is 1. The van der Waals surface area contributed by atoms with Gasteiger partial charge in [-0.3, -0.25) is 4.79 Å². The van der Waals surface area contributed by atoms with E-state index < -0.39 is 12.1 Å². The normalized spacial score (nSPS) is 12.1. The summed E-state index contributed by atoms with van der Waals surface area (Å²) < 4.78 is 5.43. The van der Waals surface area contributed by atoms with Gasteiger partial charge in [0.25, 0.3) is 0 Å².